The van der Waals surface area contributed by atoms with Crippen molar-refractivity contribution in [1.82, 2.24) is 24.8 Å². The molecule has 0 N–H and O–H groups in total. The van der Waals surface area contributed by atoms with Crippen molar-refractivity contribution in [2.75, 3.05) is 0 Å². The smallest absolute Gasteiger partial charge is 0.235 e. The van der Waals surface area contributed by atoms with E-state index in [1.165, 1.54) is 12.8 Å². The molecule has 1 aliphatic carbocycles. The lowest BCUT2D eigenvalue weighted by Gasteiger charge is -1.91. The molecule has 0 amide bonds. The molecule has 0 atom stereocenters. The van der Waals surface area contributed by atoms with E-state index in [0.29, 0.717) is 5.92 Å². The third-order valence-corrected chi connectivity index (χ3v) is 5.18. The van der Waals surface area contributed by atoms with Gasteiger partial charge in [0.1, 0.15) is 0 Å². The second-order valence-corrected chi connectivity index (χ2v) is 6.74. The number of aromatic nitrogens is 5. The van der Waals surface area contributed by atoms with Gasteiger partial charge in [-0.25, -0.2) is 4.98 Å². The molecule has 18 heavy (non-hydrogen) atoms. The Hall–Kier alpha value is -1.34. The number of aryl methyl sites for hydroxylation is 2. The maximum atomic E-state index is 4.66. The minimum Gasteiger partial charge on any atom is -0.246 e. The Labute approximate surface area is 112 Å². The standard InChI is InChI=1S/C11H11N5S2/c1-5-8(17-6(2)12-5)10-15-16-9(7-3-4-7)13-14-11(16)18-10/h7H,3-4H2,1-2H3. The molecule has 7 heteroatoms. The molecule has 1 saturated carbocycles. The highest BCUT2D eigenvalue weighted by atomic mass is 32.1. The molecule has 92 valence electrons. The van der Waals surface area contributed by atoms with Gasteiger partial charge in [0.15, 0.2) is 10.8 Å². The monoisotopic (exact) mass is 277 g/mol. The van der Waals surface area contributed by atoms with E-state index in [9.17, 15) is 0 Å². The van der Waals surface area contributed by atoms with Crippen LogP contribution in [-0.2, 0) is 0 Å². The first-order chi connectivity index (χ1) is 8.72. The number of hydrogen-bond acceptors (Lipinski definition) is 6. The van der Waals surface area contributed by atoms with Crippen LogP contribution in [0.25, 0.3) is 14.8 Å². The van der Waals surface area contributed by atoms with E-state index in [-0.39, 0.29) is 0 Å². The number of hydrogen-bond donors (Lipinski definition) is 0. The molecular weight excluding hydrogens is 266 g/mol. The first-order valence-electron chi connectivity index (χ1n) is 5.89. The Balaban J connectivity index is 1.88. The Morgan fingerprint density at radius 3 is 2.67 bits per heavy atom. The Kier molecular flexibility index (Phi) is 2.10. The van der Waals surface area contributed by atoms with Crippen molar-refractivity contribution in [3.05, 3.63) is 16.5 Å². The van der Waals surface area contributed by atoms with Gasteiger partial charge in [0.25, 0.3) is 0 Å². The minimum atomic E-state index is 0.569. The normalized spacial score (nSPS) is 15.7. The summed E-state index contributed by atoms with van der Waals surface area (Å²) in [5.74, 6) is 1.59. The van der Waals surface area contributed by atoms with Crippen LogP contribution in [0, 0.1) is 13.8 Å². The van der Waals surface area contributed by atoms with E-state index < -0.39 is 0 Å². The fraction of sp³-hybridized carbons (Fsp3) is 0.455. The predicted molar refractivity (Wildman–Crippen MR) is 71.2 cm³/mol. The highest BCUT2D eigenvalue weighted by Gasteiger charge is 2.30. The summed E-state index contributed by atoms with van der Waals surface area (Å²) in [7, 11) is 0. The van der Waals surface area contributed by atoms with Crippen LogP contribution in [0.2, 0.25) is 0 Å². The summed E-state index contributed by atoms with van der Waals surface area (Å²) in [6.07, 6.45) is 2.43. The molecule has 3 heterocycles. The average Bonchev–Trinajstić information content (AvgIpc) is 2.81. The second kappa shape index (κ2) is 3.58. The highest BCUT2D eigenvalue weighted by molar-refractivity contribution is 7.24. The van der Waals surface area contributed by atoms with Crippen LogP contribution in [0.1, 0.15) is 35.3 Å². The van der Waals surface area contributed by atoms with E-state index >= 15 is 0 Å². The summed E-state index contributed by atoms with van der Waals surface area (Å²) in [6, 6.07) is 0. The van der Waals surface area contributed by atoms with Crippen molar-refractivity contribution in [1.29, 1.82) is 0 Å². The maximum absolute atomic E-state index is 4.66. The van der Waals surface area contributed by atoms with Gasteiger partial charge in [-0.2, -0.15) is 9.61 Å². The van der Waals surface area contributed by atoms with Gasteiger partial charge in [-0.1, -0.05) is 11.3 Å². The van der Waals surface area contributed by atoms with Crippen LogP contribution in [0.4, 0.5) is 0 Å². The van der Waals surface area contributed by atoms with E-state index in [1.54, 1.807) is 22.7 Å². The molecular formula is C11H11N5S2. The Morgan fingerprint density at radius 2 is 2.00 bits per heavy atom. The first kappa shape index (κ1) is 10.6. The lowest BCUT2D eigenvalue weighted by Crippen LogP contribution is -1.93. The minimum absolute atomic E-state index is 0.569. The Morgan fingerprint density at radius 1 is 1.17 bits per heavy atom. The number of fused-ring (bicyclic) bond motifs is 1. The van der Waals surface area contributed by atoms with Crippen molar-refractivity contribution in [2.24, 2.45) is 0 Å². The zero-order valence-corrected chi connectivity index (χ0v) is 11.7. The molecule has 0 radical (unpaired) electrons. The molecule has 1 fully saturated rings. The van der Waals surface area contributed by atoms with E-state index in [4.69, 9.17) is 0 Å². The highest BCUT2D eigenvalue weighted by Crippen LogP contribution is 2.40. The zero-order valence-electron chi connectivity index (χ0n) is 10.0. The van der Waals surface area contributed by atoms with Gasteiger partial charge >= 0.3 is 0 Å². The second-order valence-electron chi connectivity index (χ2n) is 4.58. The van der Waals surface area contributed by atoms with Gasteiger partial charge in [0.05, 0.1) is 15.6 Å². The van der Waals surface area contributed by atoms with Gasteiger partial charge in [-0.05, 0) is 26.7 Å². The predicted octanol–water partition coefficient (Wildman–Crippen LogP) is 2.80. The van der Waals surface area contributed by atoms with Crippen LogP contribution in [0.5, 0.6) is 0 Å². The van der Waals surface area contributed by atoms with Crippen molar-refractivity contribution < 1.29 is 0 Å². The van der Waals surface area contributed by atoms with Crippen molar-refractivity contribution in [3.8, 4) is 9.88 Å². The number of rotatable bonds is 2. The van der Waals surface area contributed by atoms with E-state index in [2.05, 4.69) is 20.3 Å². The molecule has 0 aliphatic heterocycles. The van der Waals surface area contributed by atoms with Crippen LogP contribution in [0.3, 0.4) is 0 Å². The lowest BCUT2D eigenvalue weighted by molar-refractivity contribution is 0.828. The molecule has 1 aliphatic rings. The molecule has 0 unspecified atom stereocenters. The third-order valence-electron chi connectivity index (χ3n) is 3.06. The van der Waals surface area contributed by atoms with Crippen LogP contribution in [0.15, 0.2) is 0 Å². The summed E-state index contributed by atoms with van der Waals surface area (Å²) in [5.41, 5.74) is 1.05. The topological polar surface area (TPSA) is 56.0 Å². The molecule has 0 saturated heterocycles. The maximum Gasteiger partial charge on any atom is 0.235 e. The fourth-order valence-electron chi connectivity index (χ4n) is 2.05. The summed E-state index contributed by atoms with van der Waals surface area (Å²) in [6.45, 7) is 4.06. The first-order valence-corrected chi connectivity index (χ1v) is 7.52. The fourth-order valence-corrected chi connectivity index (χ4v) is 3.94. The number of thiazole rings is 1. The van der Waals surface area contributed by atoms with Gasteiger partial charge in [-0.15, -0.1) is 21.5 Å². The van der Waals surface area contributed by atoms with Gasteiger partial charge in [0, 0.05) is 5.92 Å². The summed E-state index contributed by atoms with van der Waals surface area (Å²) in [4.78, 5) is 6.50. The Bertz CT molecular complexity index is 734. The van der Waals surface area contributed by atoms with Crippen molar-refractivity contribution in [3.63, 3.8) is 0 Å². The van der Waals surface area contributed by atoms with E-state index in [0.717, 1.165) is 31.4 Å². The molecule has 0 aromatic carbocycles. The third kappa shape index (κ3) is 1.50. The SMILES string of the molecule is Cc1nc(C)c(-c2nn3c(C4CC4)nnc3s2)s1. The molecule has 0 bridgehead atoms. The van der Waals surface area contributed by atoms with Crippen molar-refractivity contribution in [2.45, 2.75) is 32.6 Å². The quantitative estimate of drug-likeness (QED) is 0.722. The summed E-state index contributed by atoms with van der Waals surface area (Å²) < 4.78 is 1.91. The van der Waals surface area contributed by atoms with Crippen LogP contribution < -0.4 is 0 Å². The van der Waals surface area contributed by atoms with Crippen molar-refractivity contribution >= 4 is 27.6 Å². The zero-order chi connectivity index (χ0) is 12.3. The van der Waals surface area contributed by atoms with Crippen LogP contribution in [-0.4, -0.2) is 24.8 Å². The van der Waals surface area contributed by atoms with Gasteiger partial charge < -0.3 is 0 Å². The molecule has 0 spiro atoms. The van der Waals surface area contributed by atoms with Gasteiger partial charge in [0.2, 0.25) is 4.96 Å². The van der Waals surface area contributed by atoms with Crippen LogP contribution >= 0.6 is 22.7 Å². The molecule has 3 aromatic rings. The summed E-state index contributed by atoms with van der Waals surface area (Å²) >= 11 is 3.28. The number of nitrogens with zero attached hydrogens (tertiary/aromatic N) is 5. The lowest BCUT2D eigenvalue weighted by atomic mass is 10.4. The largest absolute Gasteiger partial charge is 0.246 e. The van der Waals surface area contributed by atoms with E-state index in [1.807, 2.05) is 18.4 Å². The van der Waals surface area contributed by atoms with Gasteiger partial charge in [-0.3, -0.25) is 0 Å². The molecule has 5 nitrogen and oxygen atoms in total. The molecule has 4 rings (SSSR count). The molecule has 3 aromatic heterocycles. The average molecular weight is 277 g/mol. The summed E-state index contributed by atoms with van der Waals surface area (Å²) in [5, 5.41) is 15.2.